The van der Waals surface area contributed by atoms with Crippen LogP contribution in [0.1, 0.15) is 5.56 Å². The summed E-state index contributed by atoms with van der Waals surface area (Å²) in [6.07, 6.45) is 1.71. The van der Waals surface area contributed by atoms with Crippen LogP contribution in [0, 0.1) is 0 Å². The molecule has 3 aromatic rings. The van der Waals surface area contributed by atoms with E-state index >= 15 is 0 Å². The molecule has 30 heavy (non-hydrogen) atoms. The molecule has 2 amide bonds. The second-order valence-corrected chi connectivity index (χ2v) is 8.42. The molecule has 152 valence electrons. The lowest BCUT2D eigenvalue weighted by atomic mass is 10.1. The fourth-order valence-corrected chi connectivity index (χ4v) is 4.34. The van der Waals surface area contributed by atoms with Crippen LogP contribution in [0.4, 0.5) is 10.5 Å². The monoisotopic (exact) mass is 420 g/mol. The number of carbonyl (C=O) groups excluding carboxylic acids is 2. The molecule has 8 nitrogen and oxygen atoms in total. The van der Waals surface area contributed by atoms with Crippen LogP contribution in [-0.2, 0) is 4.79 Å². The normalized spacial score (nSPS) is 19.1. The Balaban J connectivity index is 1.44. The van der Waals surface area contributed by atoms with Crippen LogP contribution in [0.3, 0.4) is 0 Å². The van der Waals surface area contributed by atoms with Crippen LogP contribution >= 0.6 is 11.8 Å². The van der Waals surface area contributed by atoms with E-state index in [9.17, 15) is 9.59 Å². The van der Waals surface area contributed by atoms with Crippen molar-refractivity contribution in [1.82, 2.24) is 25.2 Å². The summed E-state index contributed by atoms with van der Waals surface area (Å²) in [5.74, 6) is -0.365. The van der Waals surface area contributed by atoms with Crippen molar-refractivity contribution >= 4 is 45.7 Å². The molecule has 2 aliphatic rings. The summed E-state index contributed by atoms with van der Waals surface area (Å²) in [5.41, 5.74) is 4.54. The van der Waals surface area contributed by atoms with Crippen molar-refractivity contribution in [1.29, 1.82) is 0 Å². The Hall–Kier alpha value is -3.17. The summed E-state index contributed by atoms with van der Waals surface area (Å²) < 4.78 is 1.79. The maximum atomic E-state index is 11.8. The number of thioether (sulfide) groups is 1. The van der Waals surface area contributed by atoms with Crippen LogP contribution < -0.4 is 10.2 Å². The molecule has 0 radical (unpaired) electrons. The molecule has 0 spiro atoms. The first-order valence-corrected chi connectivity index (χ1v) is 10.5. The van der Waals surface area contributed by atoms with Crippen molar-refractivity contribution in [3.63, 3.8) is 0 Å². The van der Waals surface area contributed by atoms with Crippen LogP contribution in [0.25, 0.3) is 22.8 Å². The molecule has 0 bridgehead atoms. The molecule has 0 unspecified atom stereocenters. The van der Waals surface area contributed by atoms with Crippen LogP contribution in [-0.4, -0.2) is 64.3 Å². The number of carbonyl (C=O) groups is 2. The Bertz CT molecular complexity index is 1160. The number of rotatable bonds is 3. The van der Waals surface area contributed by atoms with Crippen molar-refractivity contribution < 1.29 is 9.59 Å². The summed E-state index contributed by atoms with van der Waals surface area (Å²) in [5, 5.41) is 10.5. The van der Waals surface area contributed by atoms with Gasteiger partial charge in [-0.05, 0) is 66.8 Å². The summed E-state index contributed by atoms with van der Waals surface area (Å²) in [4.78, 5) is 28.3. The van der Waals surface area contributed by atoms with Crippen molar-refractivity contribution in [2.45, 2.75) is 0 Å². The van der Waals surface area contributed by atoms with Gasteiger partial charge >= 0.3 is 0 Å². The highest BCUT2D eigenvalue weighted by Crippen LogP contribution is 2.27. The minimum atomic E-state index is -0.365. The van der Waals surface area contributed by atoms with Crippen LogP contribution in [0.5, 0.6) is 0 Å². The third-order valence-corrected chi connectivity index (χ3v) is 6.18. The smallest absolute Gasteiger partial charge is 0.290 e. The third-order valence-electron chi connectivity index (χ3n) is 5.37. The van der Waals surface area contributed by atoms with Gasteiger partial charge in [-0.2, -0.15) is 0 Å². The third kappa shape index (κ3) is 3.57. The van der Waals surface area contributed by atoms with Gasteiger partial charge in [0.25, 0.3) is 11.1 Å². The number of hydrogen-bond donors (Lipinski definition) is 1. The average Bonchev–Trinajstić information content (AvgIpc) is 3.31. The quantitative estimate of drug-likeness (QED) is 0.652. The first-order valence-electron chi connectivity index (χ1n) is 9.71. The van der Waals surface area contributed by atoms with Gasteiger partial charge in [-0.15, -0.1) is 5.10 Å². The number of amides is 2. The van der Waals surface area contributed by atoms with E-state index in [1.54, 1.807) is 10.8 Å². The van der Waals surface area contributed by atoms with E-state index in [2.05, 4.69) is 44.6 Å². The van der Waals surface area contributed by atoms with Gasteiger partial charge in [0.15, 0.2) is 0 Å². The molecular formula is C21H20N6O2S. The minimum absolute atomic E-state index is 0.348. The number of hydrogen-bond acceptors (Lipinski definition) is 7. The number of nitrogens with one attached hydrogen (secondary N) is 1. The first-order chi connectivity index (χ1) is 14.6. The molecule has 0 atom stereocenters. The number of fused-ring (bicyclic) bond motifs is 1. The lowest BCUT2D eigenvalue weighted by molar-refractivity contribution is -0.115. The summed E-state index contributed by atoms with van der Waals surface area (Å²) >= 11 is 0.908. The van der Waals surface area contributed by atoms with Crippen molar-refractivity contribution in [3.8, 4) is 5.69 Å². The zero-order chi connectivity index (χ0) is 20.7. The number of anilines is 1. The highest BCUT2D eigenvalue weighted by atomic mass is 32.2. The topological polar surface area (TPSA) is 83.4 Å². The fourth-order valence-electron chi connectivity index (χ4n) is 3.66. The second kappa shape index (κ2) is 7.58. The van der Waals surface area contributed by atoms with Gasteiger partial charge in [0, 0.05) is 31.9 Å². The predicted molar refractivity (Wildman–Crippen MR) is 118 cm³/mol. The van der Waals surface area contributed by atoms with Crippen molar-refractivity contribution in [2.24, 2.45) is 0 Å². The largest absolute Gasteiger partial charge is 0.369 e. The van der Waals surface area contributed by atoms with Gasteiger partial charge in [0.1, 0.15) is 5.52 Å². The molecule has 5 rings (SSSR count). The maximum Gasteiger partial charge on any atom is 0.290 e. The molecule has 0 saturated carbocycles. The van der Waals surface area contributed by atoms with Gasteiger partial charge in [0.05, 0.1) is 16.1 Å². The van der Waals surface area contributed by atoms with Gasteiger partial charge in [-0.1, -0.05) is 11.3 Å². The number of piperazine rings is 1. The Morgan fingerprint density at radius 1 is 1.00 bits per heavy atom. The van der Waals surface area contributed by atoms with Crippen molar-refractivity contribution in [2.75, 3.05) is 38.1 Å². The highest BCUT2D eigenvalue weighted by Gasteiger charge is 2.25. The fraction of sp³-hybridized carbons (Fsp3) is 0.238. The number of benzene rings is 2. The van der Waals surface area contributed by atoms with Gasteiger partial charge < -0.3 is 9.80 Å². The van der Waals surface area contributed by atoms with E-state index in [0.29, 0.717) is 4.91 Å². The number of imide groups is 1. The summed E-state index contributed by atoms with van der Waals surface area (Å²) in [7, 11) is 2.15. The molecule has 0 aliphatic carbocycles. The zero-order valence-electron chi connectivity index (χ0n) is 16.4. The average molecular weight is 420 g/mol. The SMILES string of the molecule is CN1CCN(c2ccc(-n3nnc4ccc(/C=C5\SC(=O)NC5=O)cc43)cc2)CC1. The van der Waals surface area contributed by atoms with E-state index in [-0.39, 0.29) is 11.1 Å². The van der Waals surface area contributed by atoms with E-state index in [1.807, 2.05) is 30.3 Å². The molecule has 1 aromatic heterocycles. The zero-order valence-corrected chi connectivity index (χ0v) is 17.2. The Kier molecular flexibility index (Phi) is 4.76. The molecule has 2 aliphatic heterocycles. The van der Waals surface area contributed by atoms with E-state index < -0.39 is 0 Å². The predicted octanol–water partition coefficient (Wildman–Crippen LogP) is 2.50. The van der Waals surface area contributed by atoms with Crippen LogP contribution in [0.15, 0.2) is 47.4 Å². The molecule has 3 heterocycles. The Labute approximate surface area is 177 Å². The number of nitrogens with zero attached hydrogens (tertiary/aromatic N) is 5. The minimum Gasteiger partial charge on any atom is -0.369 e. The summed E-state index contributed by atoms with van der Waals surface area (Å²) in [6, 6.07) is 14.0. The molecule has 1 N–H and O–H groups in total. The van der Waals surface area contributed by atoms with Crippen LogP contribution in [0.2, 0.25) is 0 Å². The number of aromatic nitrogens is 3. The van der Waals surface area contributed by atoms with Gasteiger partial charge in [0.2, 0.25) is 0 Å². The lowest BCUT2D eigenvalue weighted by Gasteiger charge is -2.34. The van der Waals surface area contributed by atoms with Gasteiger partial charge in [-0.25, -0.2) is 4.68 Å². The standard InChI is InChI=1S/C21H20N6O2S/c1-25-8-10-26(11-9-25)15-3-5-16(6-4-15)27-18-12-14(2-7-17(18)23-24-27)13-19-20(28)22-21(29)30-19/h2-7,12-13H,8-11H2,1H3,(H,22,28,29)/b19-13-. The van der Waals surface area contributed by atoms with Gasteiger partial charge in [-0.3, -0.25) is 14.9 Å². The highest BCUT2D eigenvalue weighted by molar-refractivity contribution is 8.18. The molecule has 9 heteroatoms. The van der Waals surface area contributed by atoms with E-state index in [4.69, 9.17) is 0 Å². The second-order valence-electron chi connectivity index (χ2n) is 7.41. The summed E-state index contributed by atoms with van der Waals surface area (Å²) in [6.45, 7) is 4.17. The lowest BCUT2D eigenvalue weighted by Crippen LogP contribution is -2.44. The molecule has 2 saturated heterocycles. The maximum absolute atomic E-state index is 11.8. The molecule has 2 aromatic carbocycles. The van der Waals surface area contributed by atoms with E-state index in [0.717, 1.165) is 60.2 Å². The molecule has 2 fully saturated rings. The van der Waals surface area contributed by atoms with E-state index in [1.165, 1.54) is 5.69 Å². The Morgan fingerprint density at radius 3 is 2.43 bits per heavy atom. The molecular weight excluding hydrogens is 400 g/mol. The first kappa shape index (κ1) is 18.8. The van der Waals surface area contributed by atoms with Crippen molar-refractivity contribution in [3.05, 3.63) is 52.9 Å². The number of likely N-dealkylation sites (N-methyl/N-ethyl adjacent to an activating group) is 1. The Morgan fingerprint density at radius 2 is 1.73 bits per heavy atom.